The first-order valence-electron chi connectivity index (χ1n) is 9.49. The van der Waals surface area contributed by atoms with Crippen molar-refractivity contribution in [2.75, 3.05) is 23.4 Å². The van der Waals surface area contributed by atoms with E-state index in [9.17, 15) is 9.59 Å². The van der Waals surface area contributed by atoms with E-state index in [0.29, 0.717) is 52.1 Å². The van der Waals surface area contributed by atoms with Crippen molar-refractivity contribution in [3.05, 3.63) is 76.1 Å². The number of carbonyl (C=O) groups excluding carboxylic acids is 2. The minimum atomic E-state index is -0.465. The number of amides is 2. The number of carbonyl (C=O) groups is 2. The van der Waals surface area contributed by atoms with Gasteiger partial charge in [-0.15, -0.1) is 11.3 Å². The molecule has 2 aliphatic rings. The Morgan fingerprint density at radius 2 is 1.74 bits per heavy atom. The second kappa shape index (κ2) is 7.63. The molecule has 31 heavy (non-hydrogen) atoms. The van der Waals surface area contributed by atoms with Gasteiger partial charge in [-0.2, -0.15) is 5.26 Å². The number of rotatable bonds is 4. The fourth-order valence-electron chi connectivity index (χ4n) is 3.48. The van der Waals surface area contributed by atoms with Gasteiger partial charge in [0, 0.05) is 16.6 Å². The first-order valence-corrected chi connectivity index (χ1v) is 10.4. The molecule has 1 N–H and O–H groups in total. The van der Waals surface area contributed by atoms with Gasteiger partial charge in [-0.1, -0.05) is 6.07 Å². The lowest BCUT2D eigenvalue weighted by molar-refractivity contribution is -0.120. The van der Waals surface area contributed by atoms with Crippen LogP contribution in [0.2, 0.25) is 0 Å². The van der Waals surface area contributed by atoms with Gasteiger partial charge in [0.25, 0.3) is 11.8 Å². The van der Waals surface area contributed by atoms with Gasteiger partial charge >= 0.3 is 0 Å². The van der Waals surface area contributed by atoms with Crippen LogP contribution in [-0.2, 0) is 9.59 Å². The minimum Gasteiger partial charge on any atom is -0.486 e. The number of benzene rings is 2. The Kier molecular flexibility index (Phi) is 4.65. The number of thiophene rings is 1. The number of hydrogen-bond donors (Lipinski definition) is 1. The summed E-state index contributed by atoms with van der Waals surface area (Å²) in [6, 6.07) is 17.3. The van der Waals surface area contributed by atoms with Crippen molar-refractivity contribution < 1.29 is 19.1 Å². The molecule has 0 aliphatic carbocycles. The van der Waals surface area contributed by atoms with Crippen molar-refractivity contribution in [1.82, 2.24) is 0 Å². The molecule has 0 atom stereocenters. The first-order chi connectivity index (χ1) is 15.2. The smallest absolute Gasteiger partial charge is 0.282 e. The molecule has 0 unspecified atom stereocenters. The molecule has 0 radical (unpaired) electrons. The summed E-state index contributed by atoms with van der Waals surface area (Å²) in [5.41, 5.74) is 1.95. The maximum Gasteiger partial charge on any atom is 0.282 e. The molecule has 0 spiro atoms. The van der Waals surface area contributed by atoms with Crippen LogP contribution in [0.5, 0.6) is 11.5 Å². The molecule has 3 heterocycles. The van der Waals surface area contributed by atoms with Crippen molar-refractivity contribution in [2.24, 2.45) is 0 Å². The third-order valence-electron chi connectivity index (χ3n) is 4.92. The molecule has 2 amide bonds. The zero-order valence-corrected chi connectivity index (χ0v) is 16.9. The van der Waals surface area contributed by atoms with Crippen LogP contribution in [0, 0.1) is 11.3 Å². The molecule has 0 fully saturated rings. The van der Waals surface area contributed by atoms with Gasteiger partial charge in [0.05, 0.1) is 22.9 Å². The predicted octanol–water partition coefficient (Wildman–Crippen LogP) is 3.79. The van der Waals surface area contributed by atoms with Crippen LogP contribution < -0.4 is 19.7 Å². The molecule has 0 saturated heterocycles. The molecule has 2 aromatic carbocycles. The first kappa shape index (κ1) is 18.9. The van der Waals surface area contributed by atoms with Crippen LogP contribution in [-0.4, -0.2) is 25.0 Å². The lowest BCUT2D eigenvalue weighted by Gasteiger charge is -2.19. The molecule has 3 aromatic rings. The van der Waals surface area contributed by atoms with Gasteiger partial charge in [-0.25, -0.2) is 4.90 Å². The van der Waals surface area contributed by atoms with Crippen LogP contribution in [0.1, 0.15) is 10.4 Å². The van der Waals surface area contributed by atoms with Crippen LogP contribution in [0.4, 0.5) is 11.4 Å². The summed E-state index contributed by atoms with van der Waals surface area (Å²) in [5, 5.41) is 14.0. The zero-order chi connectivity index (χ0) is 21.4. The normalized spacial score (nSPS) is 15.3. The van der Waals surface area contributed by atoms with E-state index in [-0.39, 0.29) is 5.70 Å². The average molecular weight is 429 g/mol. The SMILES string of the molecule is N#Cc1ccc(N2C(=O)C(Nc3ccc4c(c3)OCCO4)=C(c3cccs3)C2=O)cc1. The molecule has 0 bridgehead atoms. The van der Waals surface area contributed by atoms with E-state index in [2.05, 4.69) is 5.32 Å². The molecular weight excluding hydrogens is 414 g/mol. The standard InChI is InChI=1S/C23H15N3O4S/c24-13-14-3-6-16(7-4-14)26-22(27)20(19-2-1-11-31-19)21(23(26)28)25-15-5-8-17-18(12-15)30-10-9-29-17/h1-8,11-12,25H,9-10H2. The summed E-state index contributed by atoms with van der Waals surface area (Å²) in [6.45, 7) is 0.934. The second-order valence-electron chi connectivity index (χ2n) is 6.82. The molecule has 7 nitrogen and oxygen atoms in total. The van der Waals surface area contributed by atoms with E-state index in [0.717, 1.165) is 4.90 Å². The van der Waals surface area contributed by atoms with Gasteiger partial charge in [0.15, 0.2) is 11.5 Å². The van der Waals surface area contributed by atoms with Gasteiger partial charge in [0.2, 0.25) is 0 Å². The summed E-state index contributed by atoms with van der Waals surface area (Å²) in [4.78, 5) is 28.5. The van der Waals surface area contributed by atoms with Crippen LogP contribution >= 0.6 is 11.3 Å². The number of anilines is 2. The average Bonchev–Trinajstić information content (AvgIpc) is 3.40. The van der Waals surface area contributed by atoms with E-state index in [1.54, 1.807) is 48.5 Å². The van der Waals surface area contributed by atoms with Gasteiger partial charge in [-0.05, 0) is 47.8 Å². The number of hydrogen-bond acceptors (Lipinski definition) is 7. The predicted molar refractivity (Wildman–Crippen MR) is 116 cm³/mol. The number of ether oxygens (including phenoxy) is 2. The summed E-state index contributed by atoms with van der Waals surface area (Å²) in [5.74, 6) is 0.331. The topological polar surface area (TPSA) is 91.7 Å². The summed E-state index contributed by atoms with van der Waals surface area (Å²) < 4.78 is 11.2. The molecule has 0 saturated carbocycles. The molecule has 5 rings (SSSR count). The Bertz CT molecular complexity index is 1260. The molecule has 152 valence electrons. The second-order valence-corrected chi connectivity index (χ2v) is 7.76. The minimum absolute atomic E-state index is 0.188. The number of nitriles is 1. The Labute approximate surface area is 181 Å². The zero-order valence-electron chi connectivity index (χ0n) is 16.1. The molecule has 1 aromatic heterocycles. The van der Waals surface area contributed by atoms with Gasteiger partial charge < -0.3 is 14.8 Å². The number of nitrogens with zero attached hydrogens (tertiary/aromatic N) is 2. The Hall–Kier alpha value is -4.09. The van der Waals surface area contributed by atoms with Crippen molar-refractivity contribution in [3.8, 4) is 17.6 Å². The number of fused-ring (bicyclic) bond motifs is 1. The Balaban J connectivity index is 1.54. The maximum absolute atomic E-state index is 13.3. The lowest BCUT2D eigenvalue weighted by Crippen LogP contribution is -2.32. The number of imide groups is 1. The van der Waals surface area contributed by atoms with Gasteiger partial charge in [-0.3, -0.25) is 9.59 Å². The van der Waals surface area contributed by atoms with E-state index in [1.165, 1.54) is 11.3 Å². The van der Waals surface area contributed by atoms with E-state index >= 15 is 0 Å². The van der Waals surface area contributed by atoms with Crippen molar-refractivity contribution >= 4 is 40.1 Å². The highest BCUT2D eigenvalue weighted by Crippen LogP contribution is 2.37. The van der Waals surface area contributed by atoms with Crippen LogP contribution in [0.25, 0.3) is 5.57 Å². The highest BCUT2D eigenvalue weighted by atomic mass is 32.1. The Morgan fingerprint density at radius 3 is 2.45 bits per heavy atom. The molecule has 8 heteroatoms. The monoisotopic (exact) mass is 429 g/mol. The van der Waals surface area contributed by atoms with Gasteiger partial charge in [0.1, 0.15) is 18.9 Å². The van der Waals surface area contributed by atoms with Crippen LogP contribution in [0.3, 0.4) is 0 Å². The fraction of sp³-hybridized carbons (Fsp3) is 0.0870. The van der Waals surface area contributed by atoms with E-state index in [1.807, 2.05) is 17.5 Å². The highest BCUT2D eigenvalue weighted by Gasteiger charge is 2.40. The molecular formula is C23H15N3O4S. The third kappa shape index (κ3) is 3.31. The number of nitrogens with one attached hydrogen (secondary N) is 1. The van der Waals surface area contributed by atoms with Crippen molar-refractivity contribution in [1.29, 1.82) is 5.26 Å². The summed E-state index contributed by atoms with van der Waals surface area (Å²) in [6.07, 6.45) is 0. The third-order valence-corrected chi connectivity index (χ3v) is 5.80. The van der Waals surface area contributed by atoms with Crippen molar-refractivity contribution in [3.63, 3.8) is 0 Å². The van der Waals surface area contributed by atoms with Crippen LogP contribution in [0.15, 0.2) is 65.7 Å². The summed E-state index contributed by atoms with van der Waals surface area (Å²) in [7, 11) is 0. The summed E-state index contributed by atoms with van der Waals surface area (Å²) >= 11 is 1.38. The highest BCUT2D eigenvalue weighted by molar-refractivity contribution is 7.11. The lowest BCUT2D eigenvalue weighted by atomic mass is 10.1. The largest absolute Gasteiger partial charge is 0.486 e. The van der Waals surface area contributed by atoms with E-state index in [4.69, 9.17) is 14.7 Å². The molecule has 2 aliphatic heterocycles. The Morgan fingerprint density at radius 1 is 0.968 bits per heavy atom. The van der Waals surface area contributed by atoms with Crippen molar-refractivity contribution in [2.45, 2.75) is 0 Å². The van der Waals surface area contributed by atoms with E-state index < -0.39 is 11.8 Å². The quantitative estimate of drug-likeness (QED) is 0.635. The maximum atomic E-state index is 13.3. The fourth-order valence-corrected chi connectivity index (χ4v) is 4.25.